The topological polar surface area (TPSA) is 78.4 Å². The van der Waals surface area contributed by atoms with Crippen LogP contribution in [0.5, 0.6) is 11.5 Å². The van der Waals surface area contributed by atoms with Gasteiger partial charge in [0.05, 0.1) is 4.92 Å². The first-order chi connectivity index (χ1) is 9.11. The van der Waals surface area contributed by atoms with Gasteiger partial charge in [-0.1, -0.05) is 24.3 Å². The molecular weight excluding hydrogens is 244 g/mol. The van der Waals surface area contributed by atoms with Crippen molar-refractivity contribution in [2.75, 3.05) is 0 Å². The van der Waals surface area contributed by atoms with Crippen molar-refractivity contribution in [3.05, 3.63) is 63.7 Å². The number of hydrogen-bond acceptors (Lipinski definition) is 4. The molecule has 5 nitrogen and oxygen atoms in total. The Hall–Kier alpha value is -2.40. The van der Waals surface area contributed by atoms with Gasteiger partial charge in [0.2, 0.25) is 5.75 Å². The second kappa shape index (κ2) is 5.49. The van der Waals surface area contributed by atoms with Crippen LogP contribution in [0.1, 0.15) is 11.1 Å². The molecule has 98 valence electrons. The lowest BCUT2D eigenvalue weighted by Gasteiger charge is -2.08. The largest absolute Gasteiger partial charge is 0.450 e. The summed E-state index contributed by atoms with van der Waals surface area (Å²) in [6, 6.07) is 12.2. The van der Waals surface area contributed by atoms with E-state index < -0.39 is 4.92 Å². The zero-order chi connectivity index (χ0) is 13.8. The van der Waals surface area contributed by atoms with Gasteiger partial charge in [-0.2, -0.15) is 0 Å². The number of hydrogen-bond donors (Lipinski definition) is 1. The molecule has 0 saturated heterocycles. The van der Waals surface area contributed by atoms with Gasteiger partial charge in [-0.25, -0.2) is 0 Å². The zero-order valence-electron chi connectivity index (χ0n) is 10.5. The Kier molecular flexibility index (Phi) is 3.77. The molecule has 0 atom stereocenters. The van der Waals surface area contributed by atoms with Crippen molar-refractivity contribution in [1.82, 2.24) is 0 Å². The van der Waals surface area contributed by atoms with E-state index in [2.05, 4.69) is 0 Å². The summed E-state index contributed by atoms with van der Waals surface area (Å²) in [7, 11) is 0. The minimum absolute atomic E-state index is 0.0133. The molecule has 0 saturated carbocycles. The van der Waals surface area contributed by atoms with E-state index in [0.717, 1.165) is 5.56 Å². The molecule has 2 N–H and O–H groups in total. The van der Waals surface area contributed by atoms with E-state index in [9.17, 15) is 10.1 Å². The average molecular weight is 258 g/mol. The minimum Gasteiger partial charge on any atom is -0.450 e. The molecule has 0 heterocycles. The fourth-order valence-electron chi connectivity index (χ4n) is 1.81. The summed E-state index contributed by atoms with van der Waals surface area (Å²) in [5, 5.41) is 11.1. The van der Waals surface area contributed by atoms with E-state index in [4.69, 9.17) is 10.5 Å². The molecule has 0 fully saturated rings. The van der Waals surface area contributed by atoms with E-state index in [1.807, 2.05) is 6.07 Å². The third-order valence-corrected chi connectivity index (χ3v) is 2.75. The molecule has 0 spiro atoms. The molecule has 0 bridgehead atoms. The van der Waals surface area contributed by atoms with Gasteiger partial charge in [-0.3, -0.25) is 10.1 Å². The molecule has 0 amide bonds. The first-order valence-corrected chi connectivity index (χ1v) is 5.82. The summed E-state index contributed by atoms with van der Waals surface area (Å²) in [6.07, 6.45) is 0. The molecule has 0 aromatic heterocycles. The number of nitrogens with zero attached hydrogens (tertiary/aromatic N) is 1. The summed E-state index contributed by atoms with van der Waals surface area (Å²) >= 11 is 0. The van der Waals surface area contributed by atoms with Gasteiger partial charge in [0.25, 0.3) is 0 Å². The number of nitro groups is 1. The third-order valence-electron chi connectivity index (χ3n) is 2.75. The number of ether oxygens (including phenoxy) is 1. The fraction of sp³-hybridized carbons (Fsp3) is 0.143. The van der Waals surface area contributed by atoms with Gasteiger partial charge in [-0.05, 0) is 30.7 Å². The SMILES string of the molecule is Cc1cccc(Oc2cccc(CN)c2)c1[N+](=O)[O-]. The van der Waals surface area contributed by atoms with Crippen LogP contribution in [0.3, 0.4) is 0 Å². The standard InChI is InChI=1S/C14H14N2O3/c1-10-4-2-7-13(14(10)16(17)18)19-12-6-3-5-11(8-12)9-15/h2-8H,9,15H2,1H3. The lowest BCUT2D eigenvalue weighted by Crippen LogP contribution is -1.98. The first kappa shape index (κ1) is 13.0. The number of para-hydroxylation sites is 1. The molecule has 5 heteroatoms. The van der Waals surface area contributed by atoms with E-state index >= 15 is 0 Å². The Morgan fingerprint density at radius 1 is 1.26 bits per heavy atom. The van der Waals surface area contributed by atoms with Gasteiger partial charge in [0, 0.05) is 12.1 Å². The highest BCUT2D eigenvalue weighted by atomic mass is 16.6. The molecular formula is C14H14N2O3. The molecule has 0 aliphatic carbocycles. The first-order valence-electron chi connectivity index (χ1n) is 5.82. The minimum atomic E-state index is -0.433. The van der Waals surface area contributed by atoms with Gasteiger partial charge in [0.15, 0.2) is 0 Å². The van der Waals surface area contributed by atoms with Crippen LogP contribution in [0, 0.1) is 17.0 Å². The maximum absolute atomic E-state index is 11.1. The van der Waals surface area contributed by atoms with E-state index in [1.54, 1.807) is 43.3 Å². The van der Waals surface area contributed by atoms with Crippen LogP contribution in [0.4, 0.5) is 5.69 Å². The molecule has 0 aliphatic rings. The second-order valence-electron chi connectivity index (χ2n) is 4.13. The van der Waals surface area contributed by atoms with Crippen LogP contribution in [-0.2, 0) is 6.54 Å². The Bertz CT molecular complexity index is 611. The van der Waals surface area contributed by atoms with Crippen LogP contribution < -0.4 is 10.5 Å². The highest BCUT2D eigenvalue weighted by molar-refractivity contribution is 5.53. The number of aryl methyl sites for hydroxylation is 1. The summed E-state index contributed by atoms with van der Waals surface area (Å²) in [6.45, 7) is 2.08. The van der Waals surface area contributed by atoms with Crippen molar-refractivity contribution in [1.29, 1.82) is 0 Å². The number of benzene rings is 2. The predicted octanol–water partition coefficient (Wildman–Crippen LogP) is 3.15. The predicted molar refractivity (Wildman–Crippen MR) is 72.2 cm³/mol. The van der Waals surface area contributed by atoms with E-state index in [1.165, 1.54) is 0 Å². The lowest BCUT2D eigenvalue weighted by molar-refractivity contribution is -0.386. The van der Waals surface area contributed by atoms with E-state index in [-0.39, 0.29) is 11.4 Å². The normalized spacial score (nSPS) is 10.2. The van der Waals surface area contributed by atoms with Crippen molar-refractivity contribution in [2.45, 2.75) is 13.5 Å². The zero-order valence-corrected chi connectivity index (χ0v) is 10.5. The quantitative estimate of drug-likeness (QED) is 0.675. The molecule has 19 heavy (non-hydrogen) atoms. The maximum Gasteiger partial charge on any atom is 0.314 e. The van der Waals surface area contributed by atoms with Crippen molar-refractivity contribution in [3.63, 3.8) is 0 Å². The van der Waals surface area contributed by atoms with Gasteiger partial charge in [-0.15, -0.1) is 0 Å². The summed E-state index contributed by atoms with van der Waals surface area (Å²) in [5.41, 5.74) is 7.01. The van der Waals surface area contributed by atoms with Gasteiger partial charge >= 0.3 is 5.69 Å². The molecule has 2 aromatic rings. The van der Waals surface area contributed by atoms with Crippen molar-refractivity contribution < 1.29 is 9.66 Å². The van der Waals surface area contributed by atoms with Crippen LogP contribution in [0.2, 0.25) is 0 Å². The van der Waals surface area contributed by atoms with Crippen LogP contribution >= 0.6 is 0 Å². The van der Waals surface area contributed by atoms with Crippen molar-refractivity contribution in [2.24, 2.45) is 5.73 Å². The average Bonchev–Trinajstić information content (AvgIpc) is 2.38. The number of nitrogens with two attached hydrogens (primary N) is 1. The van der Waals surface area contributed by atoms with Crippen LogP contribution in [0.25, 0.3) is 0 Å². The smallest absolute Gasteiger partial charge is 0.314 e. The Morgan fingerprint density at radius 2 is 2.00 bits per heavy atom. The van der Waals surface area contributed by atoms with Crippen LogP contribution in [0.15, 0.2) is 42.5 Å². The van der Waals surface area contributed by atoms with Gasteiger partial charge in [0.1, 0.15) is 5.75 Å². The van der Waals surface area contributed by atoms with E-state index in [0.29, 0.717) is 17.9 Å². The summed E-state index contributed by atoms with van der Waals surface area (Å²) in [5.74, 6) is 0.774. The molecule has 2 aromatic carbocycles. The maximum atomic E-state index is 11.1. The molecule has 2 rings (SSSR count). The highest BCUT2D eigenvalue weighted by Crippen LogP contribution is 2.33. The van der Waals surface area contributed by atoms with Crippen molar-refractivity contribution >= 4 is 5.69 Å². The lowest BCUT2D eigenvalue weighted by atomic mass is 10.2. The number of rotatable bonds is 4. The fourth-order valence-corrected chi connectivity index (χ4v) is 1.81. The van der Waals surface area contributed by atoms with Crippen LogP contribution in [-0.4, -0.2) is 4.92 Å². The second-order valence-corrected chi connectivity index (χ2v) is 4.13. The Labute approximate surface area is 110 Å². The summed E-state index contributed by atoms with van der Waals surface area (Å²) in [4.78, 5) is 10.6. The number of nitro benzene ring substituents is 1. The summed E-state index contributed by atoms with van der Waals surface area (Å²) < 4.78 is 5.60. The Morgan fingerprint density at radius 3 is 2.68 bits per heavy atom. The van der Waals surface area contributed by atoms with Gasteiger partial charge < -0.3 is 10.5 Å². The molecule has 0 radical (unpaired) electrons. The highest BCUT2D eigenvalue weighted by Gasteiger charge is 2.18. The monoisotopic (exact) mass is 258 g/mol. The third kappa shape index (κ3) is 2.89. The molecule has 0 aliphatic heterocycles. The van der Waals surface area contributed by atoms with Crippen molar-refractivity contribution in [3.8, 4) is 11.5 Å². The Balaban J connectivity index is 2.38. The molecule has 0 unspecified atom stereocenters.